The van der Waals surface area contributed by atoms with Gasteiger partial charge in [0.1, 0.15) is 0 Å². The number of unbranched alkanes of at least 4 members (excludes halogenated alkanes) is 2. The van der Waals surface area contributed by atoms with Crippen molar-refractivity contribution in [3.8, 4) is 0 Å². The van der Waals surface area contributed by atoms with Gasteiger partial charge in [-0.15, -0.1) is 0 Å². The fourth-order valence-electron chi connectivity index (χ4n) is 3.01. The summed E-state index contributed by atoms with van der Waals surface area (Å²) in [6, 6.07) is 0. The quantitative estimate of drug-likeness (QED) is 0.207. The lowest BCUT2D eigenvalue weighted by atomic mass is 9.86. The standard InChI is InChI=1S/C24H47BO3Si/c1-12-13-14-17-21(26-29(10,11)22(3,4)5)18-15-16-20(2)19-25-27-23(6,7)24(8,9)28-25/h15,18-19,21H,12-14,16-17H2,1-11H3/b18-15+,20-19-. The van der Waals surface area contributed by atoms with Crippen LogP contribution in [-0.2, 0) is 13.7 Å². The minimum Gasteiger partial charge on any atom is -0.411 e. The SMILES string of the molecule is CCCCCC(/C=C/C/C(C)=C\B1OC(C)(C)C(C)(C)O1)O[Si](C)(C)C(C)(C)C. The van der Waals surface area contributed by atoms with Gasteiger partial charge in [-0.05, 0) is 65.6 Å². The highest BCUT2D eigenvalue weighted by Gasteiger charge is 2.50. The molecule has 0 aromatic rings. The molecule has 0 aliphatic carbocycles. The van der Waals surface area contributed by atoms with Crippen LogP contribution in [-0.4, -0.2) is 32.7 Å². The monoisotopic (exact) mass is 422 g/mol. The largest absolute Gasteiger partial charge is 0.487 e. The second-order valence-electron chi connectivity index (χ2n) is 11.2. The number of hydrogen-bond acceptors (Lipinski definition) is 3. The smallest absolute Gasteiger partial charge is 0.411 e. The van der Waals surface area contributed by atoms with Crippen molar-refractivity contribution in [3.05, 3.63) is 23.7 Å². The second kappa shape index (κ2) is 10.3. The van der Waals surface area contributed by atoms with Crippen LogP contribution in [0.5, 0.6) is 0 Å². The molecule has 3 nitrogen and oxygen atoms in total. The van der Waals surface area contributed by atoms with E-state index in [1.807, 2.05) is 0 Å². The second-order valence-corrected chi connectivity index (χ2v) is 15.9. The fraction of sp³-hybridized carbons (Fsp3) is 0.833. The Kier molecular flexibility index (Phi) is 9.48. The molecule has 1 saturated heterocycles. The van der Waals surface area contributed by atoms with Crippen molar-refractivity contribution in [2.45, 2.75) is 130 Å². The van der Waals surface area contributed by atoms with E-state index in [1.54, 1.807) is 0 Å². The van der Waals surface area contributed by atoms with Crippen molar-refractivity contribution >= 4 is 15.4 Å². The van der Waals surface area contributed by atoms with Crippen LogP contribution >= 0.6 is 0 Å². The molecule has 1 atom stereocenters. The summed E-state index contributed by atoms with van der Waals surface area (Å²) in [5.41, 5.74) is 0.691. The molecule has 0 aromatic heterocycles. The van der Waals surface area contributed by atoms with Gasteiger partial charge in [0.25, 0.3) is 0 Å². The first kappa shape index (κ1) is 26.7. The van der Waals surface area contributed by atoms with Crippen molar-refractivity contribution in [2.24, 2.45) is 0 Å². The Morgan fingerprint density at radius 3 is 2.10 bits per heavy atom. The van der Waals surface area contributed by atoms with Gasteiger partial charge in [-0.25, -0.2) is 0 Å². The zero-order valence-electron chi connectivity index (χ0n) is 21.1. The minimum atomic E-state index is -1.77. The van der Waals surface area contributed by atoms with Crippen LogP contribution in [0.3, 0.4) is 0 Å². The number of rotatable bonds is 10. The van der Waals surface area contributed by atoms with Gasteiger partial charge >= 0.3 is 7.12 Å². The van der Waals surface area contributed by atoms with E-state index < -0.39 is 8.32 Å². The third kappa shape index (κ3) is 8.01. The Bertz CT molecular complexity index is 557. The van der Waals surface area contributed by atoms with E-state index in [1.165, 1.54) is 24.8 Å². The third-order valence-electron chi connectivity index (χ3n) is 6.83. The zero-order chi connectivity index (χ0) is 22.5. The van der Waals surface area contributed by atoms with Gasteiger partial charge in [-0.2, -0.15) is 0 Å². The van der Waals surface area contributed by atoms with E-state index in [4.69, 9.17) is 13.7 Å². The van der Waals surface area contributed by atoms with Crippen molar-refractivity contribution in [1.82, 2.24) is 0 Å². The molecular weight excluding hydrogens is 375 g/mol. The van der Waals surface area contributed by atoms with E-state index in [9.17, 15) is 0 Å². The van der Waals surface area contributed by atoms with Gasteiger partial charge in [0.05, 0.1) is 17.3 Å². The molecule has 0 bridgehead atoms. The Labute approximate surface area is 182 Å². The first-order valence-corrected chi connectivity index (χ1v) is 14.4. The Balaban J connectivity index is 2.73. The molecule has 1 rings (SSSR count). The van der Waals surface area contributed by atoms with E-state index in [0.29, 0.717) is 0 Å². The summed E-state index contributed by atoms with van der Waals surface area (Å²) in [4.78, 5) is 0. The maximum absolute atomic E-state index is 6.70. The average Bonchev–Trinajstić information content (AvgIpc) is 2.72. The maximum Gasteiger partial charge on any atom is 0.487 e. The molecule has 1 heterocycles. The zero-order valence-corrected chi connectivity index (χ0v) is 22.1. The molecular formula is C24H47BO3Si. The van der Waals surface area contributed by atoms with Gasteiger partial charge in [0.15, 0.2) is 8.32 Å². The lowest BCUT2D eigenvalue weighted by Gasteiger charge is -2.38. The van der Waals surface area contributed by atoms with Crippen LogP contribution in [0.2, 0.25) is 18.1 Å². The summed E-state index contributed by atoms with van der Waals surface area (Å²) < 4.78 is 18.9. The highest BCUT2D eigenvalue weighted by Crippen LogP contribution is 2.38. The highest BCUT2D eigenvalue weighted by molar-refractivity contribution is 6.74. The predicted molar refractivity (Wildman–Crippen MR) is 130 cm³/mol. The van der Waals surface area contributed by atoms with Crippen LogP contribution in [0.15, 0.2) is 23.7 Å². The van der Waals surface area contributed by atoms with Gasteiger partial charge in [0.2, 0.25) is 0 Å². The minimum absolute atomic E-state index is 0.215. The van der Waals surface area contributed by atoms with Crippen molar-refractivity contribution in [2.75, 3.05) is 0 Å². The summed E-state index contributed by atoms with van der Waals surface area (Å²) in [6.07, 6.45) is 10.5. The summed E-state index contributed by atoms with van der Waals surface area (Å²) in [7, 11) is -2.04. The fourth-order valence-corrected chi connectivity index (χ4v) is 4.31. The molecule has 168 valence electrons. The van der Waals surface area contributed by atoms with Crippen LogP contribution < -0.4 is 0 Å². The van der Waals surface area contributed by atoms with Gasteiger partial charge in [-0.1, -0.05) is 70.7 Å². The predicted octanol–water partition coefficient (Wildman–Crippen LogP) is 7.48. The number of hydrogen-bond donors (Lipinski definition) is 0. The number of allylic oxidation sites excluding steroid dienone is 2. The first-order chi connectivity index (χ1) is 13.1. The molecule has 29 heavy (non-hydrogen) atoms. The molecule has 5 heteroatoms. The van der Waals surface area contributed by atoms with Crippen LogP contribution in [0.4, 0.5) is 0 Å². The van der Waals surface area contributed by atoms with Crippen molar-refractivity contribution in [3.63, 3.8) is 0 Å². The lowest BCUT2D eigenvalue weighted by Crippen LogP contribution is -2.43. The molecule has 0 spiro atoms. The van der Waals surface area contributed by atoms with E-state index >= 15 is 0 Å². The van der Waals surface area contributed by atoms with Crippen LogP contribution in [0, 0.1) is 0 Å². The van der Waals surface area contributed by atoms with E-state index in [2.05, 4.69) is 93.5 Å². The highest BCUT2D eigenvalue weighted by atomic mass is 28.4. The first-order valence-electron chi connectivity index (χ1n) is 11.5. The Hall–Kier alpha value is -0.358. The molecule has 0 saturated carbocycles. The topological polar surface area (TPSA) is 27.7 Å². The third-order valence-corrected chi connectivity index (χ3v) is 11.3. The van der Waals surface area contributed by atoms with Crippen molar-refractivity contribution < 1.29 is 13.7 Å². The normalized spacial score (nSPS) is 21.2. The molecule has 1 aliphatic heterocycles. The lowest BCUT2D eigenvalue weighted by molar-refractivity contribution is 0.00578. The molecule has 1 aliphatic rings. The molecule has 0 amide bonds. The maximum atomic E-state index is 6.70. The van der Waals surface area contributed by atoms with Crippen molar-refractivity contribution in [1.29, 1.82) is 0 Å². The molecule has 1 unspecified atom stereocenters. The molecule has 0 aromatic carbocycles. The molecule has 0 N–H and O–H groups in total. The van der Waals surface area contributed by atoms with Crippen LogP contribution in [0.1, 0.15) is 94.4 Å². The molecule has 0 radical (unpaired) electrons. The average molecular weight is 423 g/mol. The summed E-state index contributed by atoms with van der Waals surface area (Å²) >= 11 is 0. The summed E-state index contributed by atoms with van der Waals surface area (Å²) in [5, 5.41) is 0.233. The molecule has 1 fully saturated rings. The van der Waals surface area contributed by atoms with Gasteiger partial charge in [-0.3, -0.25) is 0 Å². The van der Waals surface area contributed by atoms with Gasteiger partial charge in [0, 0.05) is 0 Å². The summed E-state index contributed by atoms with van der Waals surface area (Å²) in [6.45, 7) is 24.4. The van der Waals surface area contributed by atoms with E-state index in [-0.39, 0.29) is 29.5 Å². The van der Waals surface area contributed by atoms with Gasteiger partial charge < -0.3 is 13.7 Å². The summed E-state index contributed by atoms with van der Waals surface area (Å²) in [5.74, 6) is 2.11. The van der Waals surface area contributed by atoms with Crippen LogP contribution in [0.25, 0.3) is 0 Å². The Morgan fingerprint density at radius 2 is 1.62 bits per heavy atom. The van der Waals surface area contributed by atoms with E-state index in [0.717, 1.165) is 12.8 Å². The Morgan fingerprint density at radius 1 is 1.07 bits per heavy atom.